The van der Waals surface area contributed by atoms with Crippen LogP contribution >= 0.6 is 11.8 Å². The van der Waals surface area contributed by atoms with Gasteiger partial charge in [-0.05, 0) is 24.6 Å². The van der Waals surface area contributed by atoms with E-state index < -0.39 is 0 Å². The highest BCUT2D eigenvalue weighted by Crippen LogP contribution is 2.46. The van der Waals surface area contributed by atoms with Crippen LogP contribution in [-0.4, -0.2) is 24.7 Å². The lowest BCUT2D eigenvalue weighted by Gasteiger charge is -2.27. The molecule has 6 heteroatoms. The van der Waals surface area contributed by atoms with Crippen LogP contribution in [0.15, 0.2) is 48.5 Å². The number of carbonyl (C=O) groups excluding carboxylic acids is 2. The molecule has 0 bridgehead atoms. The van der Waals surface area contributed by atoms with E-state index in [1.165, 1.54) is 0 Å². The summed E-state index contributed by atoms with van der Waals surface area (Å²) in [6, 6.07) is 15.1. The molecule has 1 saturated heterocycles. The van der Waals surface area contributed by atoms with Crippen LogP contribution in [-0.2, 0) is 9.59 Å². The van der Waals surface area contributed by atoms with Crippen molar-refractivity contribution >= 4 is 35.0 Å². The number of para-hydroxylation sites is 3. The highest BCUT2D eigenvalue weighted by Gasteiger charge is 2.36. The molecule has 1 fully saturated rings. The zero-order valence-electron chi connectivity index (χ0n) is 14.9. The Morgan fingerprint density at radius 1 is 1.23 bits per heavy atom. The molecule has 1 aliphatic rings. The van der Waals surface area contributed by atoms with E-state index in [2.05, 4.69) is 5.32 Å². The van der Waals surface area contributed by atoms with Crippen LogP contribution in [0.1, 0.15) is 30.7 Å². The Morgan fingerprint density at radius 3 is 2.73 bits per heavy atom. The molecule has 1 aliphatic heterocycles. The molecule has 1 heterocycles. The lowest BCUT2D eigenvalue weighted by molar-refractivity contribution is -0.116. The largest absolute Gasteiger partial charge is 0.495 e. The molecule has 3 rings (SSSR count). The Kier molecular flexibility index (Phi) is 5.83. The maximum atomic E-state index is 12.6. The van der Waals surface area contributed by atoms with Crippen LogP contribution in [0.5, 0.6) is 5.75 Å². The summed E-state index contributed by atoms with van der Waals surface area (Å²) in [6.45, 7) is 1.97. The van der Waals surface area contributed by atoms with Crippen molar-refractivity contribution in [2.45, 2.75) is 25.1 Å². The third-order valence-electron chi connectivity index (χ3n) is 4.19. The summed E-state index contributed by atoms with van der Waals surface area (Å²) < 4.78 is 5.44. The minimum atomic E-state index is -0.211. The van der Waals surface area contributed by atoms with Gasteiger partial charge in [0.05, 0.1) is 18.6 Å². The van der Waals surface area contributed by atoms with Crippen LogP contribution in [0.25, 0.3) is 0 Å². The van der Waals surface area contributed by atoms with Crippen molar-refractivity contribution in [2.75, 3.05) is 23.1 Å². The Morgan fingerprint density at radius 2 is 1.96 bits per heavy atom. The van der Waals surface area contributed by atoms with Crippen molar-refractivity contribution in [3.63, 3.8) is 0 Å². The van der Waals surface area contributed by atoms with Gasteiger partial charge < -0.3 is 10.1 Å². The predicted octanol–water partition coefficient (Wildman–Crippen LogP) is 4.21. The molecular formula is C20H22N2O3S. The SMILES string of the molecule is CCCC(=O)Nc1ccccc1[C@@H]1SCC(=O)N1c1ccccc1OC. The molecule has 2 amide bonds. The number of amides is 2. The number of ether oxygens (including phenoxy) is 1. The zero-order chi connectivity index (χ0) is 18.5. The van der Waals surface area contributed by atoms with E-state index in [-0.39, 0.29) is 17.2 Å². The minimum Gasteiger partial charge on any atom is -0.495 e. The first-order chi connectivity index (χ1) is 12.7. The molecular weight excluding hydrogens is 348 g/mol. The number of rotatable bonds is 6. The van der Waals surface area contributed by atoms with Crippen molar-refractivity contribution in [1.82, 2.24) is 0 Å². The monoisotopic (exact) mass is 370 g/mol. The molecule has 5 nitrogen and oxygen atoms in total. The molecule has 2 aromatic rings. The Labute approximate surface area is 157 Å². The number of anilines is 2. The second kappa shape index (κ2) is 8.27. The molecule has 0 aromatic heterocycles. The van der Waals surface area contributed by atoms with Crippen molar-refractivity contribution in [1.29, 1.82) is 0 Å². The standard InChI is InChI=1S/C20H22N2O3S/c1-3-8-18(23)21-15-10-5-4-9-14(15)20-22(19(24)13-26-20)16-11-6-7-12-17(16)25-2/h4-7,9-12,20H,3,8,13H2,1-2H3,(H,21,23)/t20-/m0/s1. The van der Waals surface area contributed by atoms with E-state index >= 15 is 0 Å². The number of benzene rings is 2. The highest BCUT2D eigenvalue weighted by atomic mass is 32.2. The van der Waals surface area contributed by atoms with Gasteiger partial charge in [0.25, 0.3) is 0 Å². The number of hydrogen-bond acceptors (Lipinski definition) is 4. The first-order valence-corrected chi connectivity index (χ1v) is 9.66. The molecule has 0 unspecified atom stereocenters. The average Bonchev–Trinajstić information content (AvgIpc) is 3.03. The maximum absolute atomic E-state index is 12.6. The van der Waals surface area contributed by atoms with E-state index in [9.17, 15) is 9.59 Å². The van der Waals surface area contributed by atoms with Gasteiger partial charge in [0.15, 0.2) is 0 Å². The van der Waals surface area contributed by atoms with Crippen molar-refractivity contribution in [3.8, 4) is 5.75 Å². The van der Waals surface area contributed by atoms with Gasteiger partial charge in [-0.25, -0.2) is 0 Å². The molecule has 2 aromatic carbocycles. The summed E-state index contributed by atoms with van der Waals surface area (Å²) in [5, 5.41) is 2.77. The van der Waals surface area contributed by atoms with Crippen LogP contribution in [0.3, 0.4) is 0 Å². The van der Waals surface area contributed by atoms with Gasteiger partial charge in [-0.3, -0.25) is 14.5 Å². The highest BCUT2D eigenvalue weighted by molar-refractivity contribution is 8.00. The predicted molar refractivity (Wildman–Crippen MR) is 106 cm³/mol. The van der Waals surface area contributed by atoms with Crippen LogP contribution in [0.4, 0.5) is 11.4 Å². The molecule has 0 aliphatic carbocycles. The van der Waals surface area contributed by atoms with Gasteiger partial charge >= 0.3 is 0 Å². The fourth-order valence-electron chi connectivity index (χ4n) is 3.01. The Balaban J connectivity index is 1.98. The van der Waals surface area contributed by atoms with Crippen LogP contribution in [0.2, 0.25) is 0 Å². The first kappa shape index (κ1) is 18.3. The van der Waals surface area contributed by atoms with E-state index in [1.54, 1.807) is 23.8 Å². The zero-order valence-corrected chi connectivity index (χ0v) is 15.7. The van der Waals surface area contributed by atoms with Crippen LogP contribution < -0.4 is 15.0 Å². The minimum absolute atomic E-state index is 0.0156. The van der Waals surface area contributed by atoms with Gasteiger partial charge in [0, 0.05) is 17.7 Å². The fraction of sp³-hybridized carbons (Fsp3) is 0.300. The number of nitrogens with one attached hydrogen (secondary N) is 1. The molecule has 1 atom stereocenters. The summed E-state index contributed by atoms with van der Waals surface area (Å²) >= 11 is 1.55. The van der Waals surface area contributed by atoms with Gasteiger partial charge in [-0.15, -0.1) is 11.8 Å². The van der Waals surface area contributed by atoms with E-state index in [1.807, 2.05) is 55.5 Å². The smallest absolute Gasteiger partial charge is 0.238 e. The van der Waals surface area contributed by atoms with E-state index in [0.29, 0.717) is 17.9 Å². The molecule has 136 valence electrons. The summed E-state index contributed by atoms with van der Waals surface area (Å²) in [6.07, 6.45) is 1.26. The second-order valence-electron chi connectivity index (χ2n) is 5.98. The van der Waals surface area contributed by atoms with E-state index in [4.69, 9.17) is 4.74 Å². The summed E-state index contributed by atoms with van der Waals surface area (Å²) in [4.78, 5) is 26.5. The van der Waals surface area contributed by atoms with Crippen molar-refractivity contribution in [3.05, 3.63) is 54.1 Å². The average molecular weight is 370 g/mol. The molecule has 0 spiro atoms. The molecule has 0 radical (unpaired) electrons. The fourth-order valence-corrected chi connectivity index (χ4v) is 4.21. The van der Waals surface area contributed by atoms with E-state index in [0.717, 1.165) is 23.4 Å². The third kappa shape index (κ3) is 3.70. The quantitative estimate of drug-likeness (QED) is 0.827. The summed E-state index contributed by atoms with van der Waals surface area (Å²) in [5.74, 6) is 1.05. The second-order valence-corrected chi connectivity index (χ2v) is 7.05. The number of methoxy groups -OCH3 is 1. The van der Waals surface area contributed by atoms with Gasteiger partial charge in [-0.1, -0.05) is 37.3 Å². The number of carbonyl (C=O) groups is 2. The number of thioether (sulfide) groups is 1. The Bertz CT molecular complexity index is 809. The lowest BCUT2D eigenvalue weighted by Crippen LogP contribution is -2.29. The van der Waals surface area contributed by atoms with Crippen molar-refractivity contribution in [2.24, 2.45) is 0 Å². The topological polar surface area (TPSA) is 58.6 Å². The van der Waals surface area contributed by atoms with Crippen LogP contribution in [0, 0.1) is 0 Å². The summed E-state index contributed by atoms with van der Waals surface area (Å²) in [7, 11) is 1.60. The summed E-state index contributed by atoms with van der Waals surface area (Å²) in [5.41, 5.74) is 2.40. The van der Waals surface area contributed by atoms with Gasteiger partial charge in [0.2, 0.25) is 11.8 Å². The third-order valence-corrected chi connectivity index (χ3v) is 5.38. The molecule has 1 N–H and O–H groups in total. The Hall–Kier alpha value is -2.47. The maximum Gasteiger partial charge on any atom is 0.238 e. The molecule has 0 saturated carbocycles. The van der Waals surface area contributed by atoms with Gasteiger partial charge in [-0.2, -0.15) is 0 Å². The lowest BCUT2D eigenvalue weighted by atomic mass is 10.1. The first-order valence-electron chi connectivity index (χ1n) is 8.61. The normalized spacial score (nSPS) is 16.6. The van der Waals surface area contributed by atoms with Gasteiger partial charge in [0.1, 0.15) is 11.1 Å². The molecule has 26 heavy (non-hydrogen) atoms. The number of hydrogen-bond donors (Lipinski definition) is 1. The van der Waals surface area contributed by atoms with Crippen molar-refractivity contribution < 1.29 is 14.3 Å². The number of nitrogens with zero attached hydrogens (tertiary/aromatic N) is 1.